The van der Waals surface area contributed by atoms with Crippen molar-refractivity contribution in [2.45, 2.75) is 31.2 Å². The molecule has 0 atom stereocenters. The van der Waals surface area contributed by atoms with Crippen LogP contribution < -0.4 is 0 Å². The van der Waals surface area contributed by atoms with E-state index in [0.717, 1.165) is 30.2 Å². The van der Waals surface area contributed by atoms with Gasteiger partial charge in [0.05, 0.1) is 5.54 Å². The van der Waals surface area contributed by atoms with E-state index in [1.165, 1.54) is 5.56 Å². The Morgan fingerprint density at radius 2 is 2.27 bits per heavy atom. The lowest BCUT2D eigenvalue weighted by molar-refractivity contribution is 0.546. The second-order valence-corrected chi connectivity index (χ2v) is 4.97. The molecule has 1 aromatic rings. The zero-order chi connectivity index (χ0) is 10.7. The highest BCUT2D eigenvalue weighted by Gasteiger charge is 2.42. The largest absolute Gasteiger partial charge is 0.235 e. The van der Waals surface area contributed by atoms with Gasteiger partial charge in [-0.2, -0.15) is 4.99 Å². The van der Waals surface area contributed by atoms with Gasteiger partial charge in [0, 0.05) is 4.47 Å². The molecule has 0 aliphatic heterocycles. The van der Waals surface area contributed by atoms with Gasteiger partial charge >= 0.3 is 0 Å². The first-order valence-corrected chi connectivity index (χ1v) is 5.87. The smallest absolute Gasteiger partial charge is 0.211 e. The fourth-order valence-electron chi connectivity index (χ4n) is 1.73. The lowest BCUT2D eigenvalue weighted by Gasteiger charge is -2.07. The van der Waals surface area contributed by atoms with E-state index in [1.807, 2.05) is 12.1 Å². The van der Waals surface area contributed by atoms with Crippen LogP contribution in [0.5, 0.6) is 0 Å². The summed E-state index contributed by atoms with van der Waals surface area (Å²) < 4.78 is 1.10. The van der Waals surface area contributed by atoms with E-state index in [1.54, 1.807) is 6.08 Å². The van der Waals surface area contributed by atoms with Crippen molar-refractivity contribution in [2.24, 2.45) is 4.99 Å². The number of rotatable bonds is 4. The molecule has 0 bridgehead atoms. The number of nitrogens with zero attached hydrogens (tertiary/aromatic N) is 1. The van der Waals surface area contributed by atoms with Crippen LogP contribution in [0.1, 0.15) is 24.8 Å². The Kier molecular flexibility index (Phi) is 3.03. The number of aryl methyl sites for hydroxylation is 1. The van der Waals surface area contributed by atoms with Crippen molar-refractivity contribution in [3.05, 3.63) is 34.3 Å². The number of hydrogen-bond acceptors (Lipinski definition) is 2. The van der Waals surface area contributed by atoms with Crippen LogP contribution >= 0.6 is 15.9 Å². The highest BCUT2D eigenvalue weighted by atomic mass is 79.9. The third-order valence-electron chi connectivity index (χ3n) is 2.88. The summed E-state index contributed by atoms with van der Waals surface area (Å²) in [5.74, 6) is 0. The monoisotopic (exact) mass is 265 g/mol. The quantitative estimate of drug-likeness (QED) is 0.607. The minimum Gasteiger partial charge on any atom is -0.211 e. The Bertz CT molecular complexity index is 406. The third-order valence-corrected chi connectivity index (χ3v) is 3.37. The number of isocyanates is 1. The molecule has 1 saturated carbocycles. The fraction of sp³-hybridized carbons (Fsp3) is 0.417. The van der Waals surface area contributed by atoms with Crippen molar-refractivity contribution >= 4 is 22.0 Å². The minimum atomic E-state index is -0.0654. The molecule has 15 heavy (non-hydrogen) atoms. The maximum absolute atomic E-state index is 10.2. The van der Waals surface area contributed by atoms with Crippen LogP contribution in [0.3, 0.4) is 0 Å². The van der Waals surface area contributed by atoms with Gasteiger partial charge in [-0.3, -0.25) is 0 Å². The molecule has 0 saturated heterocycles. The van der Waals surface area contributed by atoms with Gasteiger partial charge in [-0.05, 0) is 43.4 Å². The molecule has 0 amide bonds. The summed E-state index contributed by atoms with van der Waals surface area (Å²) in [4.78, 5) is 14.1. The van der Waals surface area contributed by atoms with Crippen LogP contribution in [0.4, 0.5) is 0 Å². The Balaban J connectivity index is 1.96. The Morgan fingerprint density at radius 3 is 2.87 bits per heavy atom. The Hall–Kier alpha value is -0.920. The number of benzene rings is 1. The van der Waals surface area contributed by atoms with Gasteiger partial charge in [-0.15, -0.1) is 0 Å². The van der Waals surface area contributed by atoms with Crippen LogP contribution in [0.2, 0.25) is 0 Å². The van der Waals surface area contributed by atoms with E-state index >= 15 is 0 Å². The summed E-state index contributed by atoms with van der Waals surface area (Å²) >= 11 is 3.44. The molecule has 0 radical (unpaired) electrons. The predicted molar refractivity (Wildman–Crippen MR) is 62.5 cm³/mol. The third kappa shape index (κ3) is 2.77. The molecule has 0 spiro atoms. The van der Waals surface area contributed by atoms with Crippen molar-refractivity contribution in [1.29, 1.82) is 0 Å². The number of halogens is 1. The molecular weight excluding hydrogens is 254 g/mol. The van der Waals surface area contributed by atoms with Crippen LogP contribution in [0.15, 0.2) is 33.7 Å². The number of carbonyl (C=O) groups excluding carboxylic acids is 1. The first-order chi connectivity index (χ1) is 7.24. The second kappa shape index (κ2) is 4.30. The van der Waals surface area contributed by atoms with Crippen molar-refractivity contribution in [2.75, 3.05) is 0 Å². The van der Waals surface area contributed by atoms with Gasteiger partial charge in [0.15, 0.2) is 0 Å². The van der Waals surface area contributed by atoms with Crippen molar-refractivity contribution in [1.82, 2.24) is 0 Å². The molecule has 3 heteroatoms. The molecule has 1 aliphatic rings. The first kappa shape index (κ1) is 10.6. The van der Waals surface area contributed by atoms with Crippen molar-refractivity contribution < 1.29 is 4.79 Å². The topological polar surface area (TPSA) is 29.4 Å². The lowest BCUT2D eigenvalue weighted by Crippen LogP contribution is -2.05. The molecular formula is C12H12BrNO. The Labute approximate surface area is 97.5 Å². The molecule has 2 rings (SSSR count). The number of hydrogen-bond donors (Lipinski definition) is 0. The highest BCUT2D eigenvalue weighted by molar-refractivity contribution is 9.10. The Morgan fingerprint density at radius 1 is 1.47 bits per heavy atom. The number of aliphatic imine (C=N–C) groups is 1. The summed E-state index contributed by atoms with van der Waals surface area (Å²) in [5, 5.41) is 0. The molecule has 1 fully saturated rings. The maximum Gasteiger partial charge on any atom is 0.235 e. The molecule has 0 heterocycles. The van der Waals surface area contributed by atoms with E-state index in [2.05, 4.69) is 33.1 Å². The van der Waals surface area contributed by atoms with Gasteiger partial charge in [0.1, 0.15) is 0 Å². The van der Waals surface area contributed by atoms with E-state index in [0.29, 0.717) is 0 Å². The zero-order valence-corrected chi connectivity index (χ0v) is 9.96. The highest BCUT2D eigenvalue weighted by Crippen LogP contribution is 2.43. The van der Waals surface area contributed by atoms with Crippen LogP contribution in [-0.4, -0.2) is 11.6 Å². The summed E-state index contributed by atoms with van der Waals surface area (Å²) in [7, 11) is 0. The first-order valence-electron chi connectivity index (χ1n) is 5.08. The van der Waals surface area contributed by atoms with E-state index in [4.69, 9.17) is 0 Å². The maximum atomic E-state index is 10.2. The van der Waals surface area contributed by atoms with Crippen molar-refractivity contribution in [3.63, 3.8) is 0 Å². The SMILES string of the molecule is O=C=NC1(CCc2cccc(Br)c2)CC1. The lowest BCUT2D eigenvalue weighted by atomic mass is 10.0. The van der Waals surface area contributed by atoms with Crippen LogP contribution in [0.25, 0.3) is 0 Å². The molecule has 1 aromatic carbocycles. The summed E-state index contributed by atoms with van der Waals surface area (Å²) in [6.45, 7) is 0. The van der Waals surface area contributed by atoms with Gasteiger partial charge in [-0.1, -0.05) is 28.1 Å². The van der Waals surface area contributed by atoms with Gasteiger partial charge < -0.3 is 0 Å². The van der Waals surface area contributed by atoms with Crippen LogP contribution in [-0.2, 0) is 11.2 Å². The fourth-order valence-corrected chi connectivity index (χ4v) is 2.17. The van der Waals surface area contributed by atoms with Gasteiger partial charge in [0.2, 0.25) is 6.08 Å². The molecule has 0 N–H and O–H groups in total. The molecule has 2 nitrogen and oxygen atoms in total. The molecule has 0 aromatic heterocycles. The minimum absolute atomic E-state index is 0.0654. The van der Waals surface area contributed by atoms with Gasteiger partial charge in [-0.25, -0.2) is 4.79 Å². The van der Waals surface area contributed by atoms with E-state index < -0.39 is 0 Å². The van der Waals surface area contributed by atoms with E-state index in [9.17, 15) is 4.79 Å². The normalized spacial score (nSPS) is 16.9. The summed E-state index contributed by atoms with van der Waals surface area (Å²) in [6, 6.07) is 8.26. The molecule has 78 valence electrons. The van der Waals surface area contributed by atoms with Gasteiger partial charge in [0.25, 0.3) is 0 Å². The summed E-state index contributed by atoms with van der Waals surface area (Å²) in [5.41, 5.74) is 1.22. The van der Waals surface area contributed by atoms with Crippen LogP contribution in [0, 0.1) is 0 Å². The molecule has 0 unspecified atom stereocenters. The average Bonchev–Trinajstić information content (AvgIpc) is 2.97. The standard InChI is InChI=1S/C12H12BrNO/c13-11-3-1-2-10(8-11)4-5-12(6-7-12)14-9-15/h1-3,8H,4-7H2. The average molecular weight is 266 g/mol. The summed E-state index contributed by atoms with van der Waals surface area (Å²) in [6.07, 6.45) is 5.69. The second-order valence-electron chi connectivity index (χ2n) is 4.06. The predicted octanol–water partition coefficient (Wildman–Crippen LogP) is 3.25. The van der Waals surface area contributed by atoms with E-state index in [-0.39, 0.29) is 5.54 Å². The molecule has 1 aliphatic carbocycles. The zero-order valence-electron chi connectivity index (χ0n) is 8.37. The van der Waals surface area contributed by atoms with Crippen molar-refractivity contribution in [3.8, 4) is 0 Å².